The number of carbonyl (C=O) groups is 1. The lowest BCUT2D eigenvalue weighted by Crippen LogP contribution is -2.39. The van der Waals surface area contributed by atoms with Gasteiger partial charge in [-0.15, -0.1) is 0 Å². The Hall–Kier alpha value is -3.23. The van der Waals surface area contributed by atoms with Crippen LogP contribution in [0.25, 0.3) is 0 Å². The highest BCUT2D eigenvalue weighted by Gasteiger charge is 2.48. The monoisotopic (exact) mass is 489 g/mol. The largest absolute Gasteiger partial charge is 0.490 e. The van der Waals surface area contributed by atoms with E-state index in [1.54, 1.807) is 24.3 Å². The van der Waals surface area contributed by atoms with E-state index < -0.39 is 36.2 Å². The van der Waals surface area contributed by atoms with Crippen LogP contribution in [-0.2, 0) is 4.79 Å². The van der Waals surface area contributed by atoms with Crippen LogP contribution in [0.1, 0.15) is 37.3 Å². The fourth-order valence-electron chi connectivity index (χ4n) is 5.05. The summed E-state index contributed by atoms with van der Waals surface area (Å²) < 4.78 is 46.3. The van der Waals surface area contributed by atoms with E-state index in [1.165, 1.54) is 28.7 Å². The molecule has 4 rings (SSSR count). The maximum atomic E-state index is 13.4. The van der Waals surface area contributed by atoms with E-state index in [0.717, 1.165) is 25.9 Å². The number of carboxylic acids is 1. The Morgan fingerprint density at radius 1 is 1.09 bits per heavy atom. The summed E-state index contributed by atoms with van der Waals surface area (Å²) in [6, 6.07) is 12.1. The van der Waals surface area contributed by atoms with Crippen LogP contribution in [0, 0.1) is 19.8 Å². The molecule has 2 aliphatic heterocycles. The topological polar surface area (TPSA) is 65.4 Å². The first-order chi connectivity index (χ1) is 16.5. The van der Waals surface area contributed by atoms with Crippen molar-refractivity contribution in [2.24, 2.45) is 11.0 Å². The summed E-state index contributed by atoms with van der Waals surface area (Å²) in [5.74, 6) is -1.59. The highest BCUT2D eigenvalue weighted by molar-refractivity contribution is 5.95. The molecule has 2 aromatic rings. The zero-order valence-electron chi connectivity index (χ0n) is 20.0. The predicted molar refractivity (Wildman–Crippen MR) is 129 cm³/mol. The van der Waals surface area contributed by atoms with Gasteiger partial charge >= 0.3 is 12.1 Å². The molecular formula is C26H30F3N3O3. The number of piperidine rings is 1. The molecule has 2 atom stereocenters. The molecule has 6 nitrogen and oxygen atoms in total. The number of nitrogens with zero attached hydrogens (tertiary/aromatic N) is 3. The van der Waals surface area contributed by atoms with Crippen LogP contribution < -0.4 is 14.6 Å². The molecule has 0 amide bonds. The molecule has 9 heteroatoms. The van der Waals surface area contributed by atoms with Crippen LogP contribution in [0.2, 0.25) is 0 Å². The number of carboxylic acid groups (broad SMARTS) is 1. The molecule has 2 aliphatic rings. The Labute approximate surface area is 203 Å². The molecule has 0 aromatic heterocycles. The molecule has 0 unspecified atom stereocenters. The van der Waals surface area contributed by atoms with Gasteiger partial charge in [-0.2, -0.15) is 18.3 Å². The number of hydrogen-bond donors (Lipinski definition) is 1. The molecular weight excluding hydrogens is 459 g/mol. The molecule has 1 N–H and O–H groups in total. The molecule has 0 aliphatic carbocycles. The molecule has 0 radical (unpaired) electrons. The van der Waals surface area contributed by atoms with Crippen LogP contribution in [0.3, 0.4) is 0 Å². The second-order valence-electron chi connectivity index (χ2n) is 9.32. The van der Waals surface area contributed by atoms with Crippen LogP contribution in [0.4, 0.5) is 24.5 Å². The fraction of sp³-hybridized carbons (Fsp3) is 0.462. The summed E-state index contributed by atoms with van der Waals surface area (Å²) in [5.41, 5.74) is 3.24. The molecule has 0 bridgehead atoms. The van der Waals surface area contributed by atoms with Crippen molar-refractivity contribution in [1.29, 1.82) is 0 Å². The van der Waals surface area contributed by atoms with Gasteiger partial charge in [0.25, 0.3) is 0 Å². The van der Waals surface area contributed by atoms with E-state index in [4.69, 9.17) is 4.74 Å². The van der Waals surface area contributed by atoms with Crippen molar-refractivity contribution in [3.05, 3.63) is 53.6 Å². The number of ether oxygens (including phenoxy) is 1. The molecule has 35 heavy (non-hydrogen) atoms. The Morgan fingerprint density at radius 2 is 1.69 bits per heavy atom. The van der Waals surface area contributed by atoms with Crippen LogP contribution >= 0.6 is 0 Å². The summed E-state index contributed by atoms with van der Waals surface area (Å²) in [6.07, 6.45) is -3.29. The van der Waals surface area contributed by atoms with Gasteiger partial charge in [0.15, 0.2) is 0 Å². The lowest BCUT2D eigenvalue weighted by molar-refractivity contribution is -0.137. The van der Waals surface area contributed by atoms with Gasteiger partial charge in [0, 0.05) is 37.5 Å². The van der Waals surface area contributed by atoms with E-state index in [2.05, 4.69) is 42.0 Å². The molecule has 2 aromatic carbocycles. The van der Waals surface area contributed by atoms with Gasteiger partial charge < -0.3 is 14.7 Å². The summed E-state index contributed by atoms with van der Waals surface area (Å²) in [7, 11) is 0. The maximum Gasteiger partial charge on any atom is 0.431 e. The standard InChI is InChI=1S/C26H30F3N3O3/c1-16-5-4-6-17(2)24(16)31-13-11-21(12-14-31)35-20-9-7-19(8-10-20)32-22(15-23(33)34)18(3)25(30-32)26(27,28)29/h4-10,18,21-22H,11-15H2,1-3H3,(H,33,34)/t18-,22-/m0/s1. The molecule has 2 heterocycles. The Morgan fingerprint density at radius 3 is 2.23 bits per heavy atom. The van der Waals surface area contributed by atoms with Crippen LogP contribution in [-0.4, -0.2) is 48.2 Å². The Bertz CT molecular complexity index is 1070. The van der Waals surface area contributed by atoms with Crippen molar-refractivity contribution < 1.29 is 27.8 Å². The number of halogens is 3. The van der Waals surface area contributed by atoms with E-state index in [0.29, 0.717) is 11.4 Å². The van der Waals surface area contributed by atoms with Crippen molar-refractivity contribution in [2.45, 2.75) is 58.4 Å². The summed E-state index contributed by atoms with van der Waals surface area (Å²) in [6.45, 7) is 7.37. The number of para-hydroxylation sites is 1. The first-order valence-electron chi connectivity index (χ1n) is 11.8. The minimum Gasteiger partial charge on any atom is -0.490 e. The lowest BCUT2D eigenvalue weighted by Gasteiger charge is -2.35. The second-order valence-corrected chi connectivity index (χ2v) is 9.32. The third kappa shape index (κ3) is 5.39. The van der Waals surface area contributed by atoms with Gasteiger partial charge in [-0.25, -0.2) is 0 Å². The minimum absolute atomic E-state index is 0.0443. The van der Waals surface area contributed by atoms with Gasteiger partial charge in [0.2, 0.25) is 0 Å². The molecule has 1 fully saturated rings. The first kappa shape index (κ1) is 24.9. The van der Waals surface area contributed by atoms with Gasteiger partial charge in [-0.05, 0) is 49.2 Å². The quantitative estimate of drug-likeness (QED) is 0.575. The second kappa shape index (κ2) is 9.79. The van der Waals surface area contributed by atoms with Crippen molar-refractivity contribution in [3.63, 3.8) is 0 Å². The third-order valence-electron chi connectivity index (χ3n) is 6.81. The van der Waals surface area contributed by atoms with Gasteiger partial charge in [0.1, 0.15) is 17.6 Å². The summed E-state index contributed by atoms with van der Waals surface area (Å²) in [4.78, 5) is 13.7. The average Bonchev–Trinajstić information content (AvgIpc) is 3.11. The van der Waals surface area contributed by atoms with Crippen molar-refractivity contribution >= 4 is 23.1 Å². The maximum absolute atomic E-state index is 13.4. The highest BCUT2D eigenvalue weighted by Crippen LogP contribution is 2.37. The van der Waals surface area contributed by atoms with Crippen LogP contribution in [0.5, 0.6) is 5.75 Å². The number of rotatable bonds is 6. The molecule has 0 saturated carbocycles. The van der Waals surface area contributed by atoms with Gasteiger partial charge in [0.05, 0.1) is 18.2 Å². The van der Waals surface area contributed by atoms with Crippen molar-refractivity contribution in [2.75, 3.05) is 23.0 Å². The smallest absolute Gasteiger partial charge is 0.431 e. The van der Waals surface area contributed by atoms with Crippen LogP contribution in [0.15, 0.2) is 47.6 Å². The SMILES string of the molecule is Cc1cccc(C)c1N1CCC(Oc2ccc(N3N=C(C(F)(F)F)[C@@H](C)[C@@H]3CC(=O)O)cc2)CC1. The number of alkyl halides is 3. The zero-order chi connectivity index (χ0) is 25.3. The molecule has 0 spiro atoms. The molecule has 188 valence electrons. The highest BCUT2D eigenvalue weighted by atomic mass is 19.4. The lowest BCUT2D eigenvalue weighted by atomic mass is 9.94. The number of benzene rings is 2. The third-order valence-corrected chi connectivity index (χ3v) is 6.81. The zero-order valence-corrected chi connectivity index (χ0v) is 20.0. The number of anilines is 2. The molecule has 1 saturated heterocycles. The number of aryl methyl sites for hydroxylation is 2. The van der Waals surface area contributed by atoms with E-state index in [1.807, 2.05) is 0 Å². The van der Waals surface area contributed by atoms with E-state index in [9.17, 15) is 23.1 Å². The fourth-order valence-corrected chi connectivity index (χ4v) is 5.05. The summed E-state index contributed by atoms with van der Waals surface area (Å²) >= 11 is 0. The first-order valence-corrected chi connectivity index (χ1v) is 11.8. The average molecular weight is 490 g/mol. The minimum atomic E-state index is -4.61. The van der Waals surface area contributed by atoms with Crippen molar-refractivity contribution in [3.8, 4) is 5.75 Å². The van der Waals surface area contributed by atoms with E-state index >= 15 is 0 Å². The number of aliphatic carboxylic acids is 1. The van der Waals surface area contributed by atoms with Crippen molar-refractivity contribution in [1.82, 2.24) is 0 Å². The Balaban J connectivity index is 1.42. The number of hydrogen-bond acceptors (Lipinski definition) is 5. The summed E-state index contributed by atoms with van der Waals surface area (Å²) in [5, 5.41) is 14.1. The Kier molecular flexibility index (Phi) is 6.96. The van der Waals surface area contributed by atoms with Gasteiger partial charge in [-0.1, -0.05) is 25.1 Å². The van der Waals surface area contributed by atoms with E-state index in [-0.39, 0.29) is 6.10 Å². The normalized spacial score (nSPS) is 21.3. The van der Waals surface area contributed by atoms with Gasteiger partial charge in [-0.3, -0.25) is 9.80 Å². The predicted octanol–water partition coefficient (Wildman–Crippen LogP) is 5.57. The number of hydrazone groups is 1.